The van der Waals surface area contributed by atoms with Crippen molar-refractivity contribution in [1.29, 1.82) is 0 Å². The Hall–Kier alpha value is -2.26. The van der Waals surface area contributed by atoms with Crippen molar-refractivity contribution in [2.24, 2.45) is 0 Å². The number of nitrogens with zero attached hydrogens (tertiary/aromatic N) is 1. The lowest BCUT2D eigenvalue weighted by atomic mass is 10.1. The summed E-state index contributed by atoms with van der Waals surface area (Å²) in [6.07, 6.45) is -3.03. The van der Waals surface area contributed by atoms with Gasteiger partial charge in [-0.25, -0.2) is 8.42 Å². The van der Waals surface area contributed by atoms with Gasteiger partial charge in [-0.05, 0) is 42.7 Å². The predicted octanol–water partition coefficient (Wildman–Crippen LogP) is 4.56. The molecule has 0 heterocycles. The van der Waals surface area contributed by atoms with E-state index in [4.69, 9.17) is 11.6 Å². The summed E-state index contributed by atoms with van der Waals surface area (Å²) in [6.45, 7) is 3.02. The first-order valence-electron chi connectivity index (χ1n) is 9.05. The highest BCUT2D eigenvalue weighted by Gasteiger charge is 2.33. The van der Waals surface area contributed by atoms with Crippen molar-refractivity contribution in [3.8, 4) is 0 Å². The van der Waals surface area contributed by atoms with Gasteiger partial charge in [0.2, 0.25) is 15.9 Å². The quantitative estimate of drug-likeness (QED) is 0.655. The Morgan fingerprint density at radius 3 is 2.27 bits per heavy atom. The molecular weight excluding hydrogens is 441 g/mol. The van der Waals surface area contributed by atoms with Gasteiger partial charge in [0.25, 0.3) is 0 Å². The highest BCUT2D eigenvalue weighted by molar-refractivity contribution is 7.92. The van der Waals surface area contributed by atoms with E-state index in [9.17, 15) is 26.4 Å². The van der Waals surface area contributed by atoms with Crippen LogP contribution in [0, 0.1) is 0 Å². The van der Waals surface area contributed by atoms with Gasteiger partial charge in [0, 0.05) is 0 Å². The molecule has 2 aromatic carbocycles. The average Bonchev–Trinajstić information content (AvgIpc) is 2.65. The molecule has 0 aliphatic heterocycles. The Labute approximate surface area is 178 Å². The van der Waals surface area contributed by atoms with Crippen LogP contribution in [0.5, 0.6) is 0 Å². The Balaban J connectivity index is 2.26. The minimum Gasteiger partial charge on any atom is -0.348 e. The first kappa shape index (κ1) is 24.0. The van der Waals surface area contributed by atoms with Gasteiger partial charge in [-0.3, -0.25) is 9.10 Å². The van der Waals surface area contributed by atoms with Crippen LogP contribution >= 0.6 is 11.6 Å². The molecule has 0 aliphatic rings. The number of anilines is 1. The number of halogens is 4. The fourth-order valence-electron chi connectivity index (χ4n) is 2.80. The zero-order valence-electron chi connectivity index (χ0n) is 16.6. The molecule has 1 unspecified atom stereocenters. The monoisotopic (exact) mass is 462 g/mol. The van der Waals surface area contributed by atoms with E-state index in [0.717, 1.165) is 35.9 Å². The Morgan fingerprint density at radius 2 is 1.77 bits per heavy atom. The van der Waals surface area contributed by atoms with E-state index < -0.39 is 45.9 Å². The molecule has 0 saturated heterocycles. The maximum atomic E-state index is 13.0. The lowest BCUT2D eigenvalue weighted by Crippen LogP contribution is -2.41. The number of benzene rings is 2. The molecule has 0 fully saturated rings. The molecular formula is C20H22ClF3N2O3S. The molecule has 1 atom stereocenters. The van der Waals surface area contributed by atoms with Gasteiger partial charge in [0.1, 0.15) is 6.54 Å². The number of rotatable bonds is 7. The third-order valence-corrected chi connectivity index (χ3v) is 5.94. The average molecular weight is 463 g/mol. The van der Waals surface area contributed by atoms with Gasteiger partial charge in [-0.2, -0.15) is 13.2 Å². The fraction of sp³-hybridized carbons (Fsp3) is 0.350. The molecule has 0 aliphatic carbocycles. The van der Waals surface area contributed by atoms with Crippen LogP contribution < -0.4 is 9.62 Å². The molecule has 2 rings (SSSR count). The summed E-state index contributed by atoms with van der Waals surface area (Å²) in [6, 6.07) is 9.42. The van der Waals surface area contributed by atoms with E-state index in [1.807, 2.05) is 31.2 Å². The lowest BCUT2D eigenvalue weighted by Gasteiger charge is -2.25. The number of hydrogen-bond acceptors (Lipinski definition) is 3. The van der Waals surface area contributed by atoms with Gasteiger partial charge in [0.05, 0.1) is 28.6 Å². The van der Waals surface area contributed by atoms with Gasteiger partial charge in [-0.1, -0.05) is 42.8 Å². The van der Waals surface area contributed by atoms with Crippen LogP contribution in [0.15, 0.2) is 42.5 Å². The van der Waals surface area contributed by atoms with E-state index in [0.29, 0.717) is 10.4 Å². The molecule has 30 heavy (non-hydrogen) atoms. The number of hydrogen-bond donors (Lipinski definition) is 1. The second-order valence-corrected chi connectivity index (χ2v) is 9.13. The molecule has 1 amide bonds. The lowest BCUT2D eigenvalue weighted by molar-refractivity contribution is -0.137. The van der Waals surface area contributed by atoms with Crippen LogP contribution in [0.1, 0.15) is 36.6 Å². The molecule has 5 nitrogen and oxygen atoms in total. The maximum absolute atomic E-state index is 13.0. The van der Waals surface area contributed by atoms with E-state index in [2.05, 4.69) is 5.32 Å². The summed E-state index contributed by atoms with van der Waals surface area (Å²) in [5.74, 6) is -0.680. The van der Waals surface area contributed by atoms with E-state index in [1.54, 1.807) is 6.92 Å². The van der Waals surface area contributed by atoms with Crippen molar-refractivity contribution < 1.29 is 26.4 Å². The van der Waals surface area contributed by atoms with Gasteiger partial charge >= 0.3 is 6.18 Å². The zero-order valence-corrected chi connectivity index (χ0v) is 18.2. The highest BCUT2D eigenvalue weighted by Crippen LogP contribution is 2.36. The number of aryl methyl sites for hydroxylation is 1. The smallest absolute Gasteiger partial charge is 0.348 e. The van der Waals surface area contributed by atoms with Gasteiger partial charge in [-0.15, -0.1) is 0 Å². The highest BCUT2D eigenvalue weighted by atomic mass is 35.5. The minimum atomic E-state index is -4.69. The summed E-state index contributed by atoms with van der Waals surface area (Å²) < 4.78 is 64.1. The molecule has 164 valence electrons. The molecule has 1 N–H and O–H groups in total. The van der Waals surface area contributed by atoms with Gasteiger partial charge < -0.3 is 5.32 Å². The standard InChI is InChI=1S/C20H22ClF3N2O3S/c1-4-14-5-7-15(8-6-14)13(2)25-19(27)12-26(30(3,28)29)18-11-16(20(22,23)24)9-10-17(18)21/h5-11,13H,4,12H2,1-3H3,(H,25,27). The SMILES string of the molecule is CCc1ccc(C(C)NC(=O)CN(c2cc(C(F)(F)F)ccc2Cl)S(C)(=O)=O)cc1. The Morgan fingerprint density at radius 1 is 1.17 bits per heavy atom. The maximum Gasteiger partial charge on any atom is 0.416 e. The summed E-state index contributed by atoms with van der Waals surface area (Å²) in [4.78, 5) is 12.5. The molecule has 0 radical (unpaired) electrons. The molecule has 0 bridgehead atoms. The van der Waals surface area contributed by atoms with Crippen molar-refractivity contribution in [3.05, 3.63) is 64.2 Å². The van der Waals surface area contributed by atoms with Crippen LogP contribution in [0.2, 0.25) is 5.02 Å². The largest absolute Gasteiger partial charge is 0.416 e. The van der Waals surface area contributed by atoms with Gasteiger partial charge in [0.15, 0.2) is 0 Å². The number of nitrogens with one attached hydrogen (secondary N) is 1. The number of carbonyl (C=O) groups excluding carboxylic acids is 1. The van der Waals surface area contributed by atoms with E-state index in [-0.39, 0.29) is 5.02 Å². The zero-order chi connectivity index (χ0) is 22.7. The Bertz CT molecular complexity index is 1010. The summed E-state index contributed by atoms with van der Waals surface area (Å²) >= 11 is 5.96. The molecule has 0 saturated carbocycles. The van der Waals surface area contributed by atoms with Crippen molar-refractivity contribution in [1.82, 2.24) is 5.32 Å². The molecule has 10 heteroatoms. The van der Waals surface area contributed by atoms with Crippen LogP contribution in [0.3, 0.4) is 0 Å². The van der Waals surface area contributed by atoms with Crippen molar-refractivity contribution in [3.63, 3.8) is 0 Å². The number of sulfonamides is 1. The second-order valence-electron chi connectivity index (χ2n) is 6.82. The number of alkyl halides is 3. The van der Waals surface area contributed by atoms with Crippen LogP contribution in [-0.4, -0.2) is 27.1 Å². The minimum absolute atomic E-state index is 0.218. The predicted molar refractivity (Wildman–Crippen MR) is 111 cm³/mol. The summed E-state index contributed by atoms with van der Waals surface area (Å²) in [7, 11) is -4.09. The van der Waals surface area contributed by atoms with Crippen LogP contribution in [0.4, 0.5) is 18.9 Å². The summed E-state index contributed by atoms with van der Waals surface area (Å²) in [5.41, 5.74) is 0.452. The molecule has 0 aromatic heterocycles. The first-order chi connectivity index (χ1) is 13.8. The van der Waals surface area contributed by atoms with Crippen molar-refractivity contribution in [2.45, 2.75) is 32.5 Å². The number of amides is 1. The Kier molecular flexibility index (Phi) is 7.41. The molecule has 0 spiro atoms. The van der Waals surface area contributed by atoms with Crippen molar-refractivity contribution >= 4 is 33.2 Å². The third kappa shape index (κ3) is 6.12. The van der Waals surface area contributed by atoms with Crippen LogP contribution in [0.25, 0.3) is 0 Å². The van der Waals surface area contributed by atoms with Crippen LogP contribution in [-0.2, 0) is 27.4 Å². The number of carbonyl (C=O) groups is 1. The third-order valence-electron chi connectivity index (χ3n) is 4.50. The normalized spacial score (nSPS) is 13.0. The van der Waals surface area contributed by atoms with E-state index >= 15 is 0 Å². The second kappa shape index (κ2) is 9.26. The van der Waals surface area contributed by atoms with E-state index in [1.165, 1.54) is 0 Å². The first-order valence-corrected chi connectivity index (χ1v) is 11.3. The fourth-order valence-corrected chi connectivity index (χ4v) is 3.93. The van der Waals surface area contributed by atoms with Crippen molar-refractivity contribution in [2.75, 3.05) is 17.1 Å². The summed E-state index contributed by atoms with van der Waals surface area (Å²) in [5, 5.41) is 2.44. The topological polar surface area (TPSA) is 66.5 Å². The molecule has 2 aromatic rings.